The van der Waals surface area contributed by atoms with E-state index in [1.165, 1.54) is 13.8 Å². The summed E-state index contributed by atoms with van der Waals surface area (Å²) < 4.78 is 34.8. The highest BCUT2D eigenvalue weighted by Crippen LogP contribution is 2.62. The van der Waals surface area contributed by atoms with Crippen LogP contribution in [0.1, 0.15) is 34.6 Å². The lowest BCUT2D eigenvalue weighted by molar-refractivity contribution is -0.148. The van der Waals surface area contributed by atoms with Gasteiger partial charge in [0.2, 0.25) is 0 Å². The quantitative estimate of drug-likeness (QED) is 0.627. The lowest BCUT2D eigenvalue weighted by Crippen LogP contribution is -2.64. The highest BCUT2D eigenvalue weighted by atomic mass is 31.1. The Balaban J connectivity index is 7.04. The predicted octanol–water partition coefficient (Wildman–Crippen LogP) is 3.58. The zero-order valence-electron chi connectivity index (χ0n) is 12.9. The molecule has 10 heteroatoms. The highest BCUT2D eigenvalue weighted by Gasteiger charge is 2.67. The molecule has 2 unspecified atom stereocenters. The molecule has 0 aromatic heterocycles. The first-order chi connectivity index (χ1) is 9.84. The number of hydrogen-bond acceptors (Lipinski definition) is 5. The minimum absolute atomic E-state index is 0.529. The molecule has 0 radical (unpaired) electrons. The minimum atomic E-state index is -1.81. The summed E-state index contributed by atoms with van der Waals surface area (Å²) in [5.74, 6) is -3.00. The van der Waals surface area contributed by atoms with Crippen molar-refractivity contribution in [3.8, 4) is 0 Å². The summed E-state index contributed by atoms with van der Waals surface area (Å²) in [4.78, 5) is 23.2. The molecule has 124 valence electrons. The molecule has 7 nitrogen and oxygen atoms in total. The van der Waals surface area contributed by atoms with Crippen LogP contribution in [0.25, 0.3) is 0 Å². The first kappa shape index (κ1) is 21.2. The first-order valence-corrected chi connectivity index (χ1v) is 8.87. The molecule has 0 aromatic carbocycles. The van der Waals surface area contributed by atoms with Gasteiger partial charge in [-0.2, -0.15) is 0 Å². The van der Waals surface area contributed by atoms with Crippen molar-refractivity contribution in [1.29, 1.82) is 0 Å². The fourth-order valence-electron chi connectivity index (χ4n) is 3.28. The van der Waals surface area contributed by atoms with Crippen molar-refractivity contribution >= 4 is 37.3 Å². The summed E-state index contributed by atoms with van der Waals surface area (Å²) in [6.45, 7) is 7.50. The van der Waals surface area contributed by atoms with E-state index in [4.69, 9.17) is 0 Å². The Morgan fingerprint density at radius 2 is 1.14 bits per heavy atom. The Labute approximate surface area is 133 Å². The Morgan fingerprint density at radius 1 is 0.818 bits per heavy atom. The fourth-order valence-corrected chi connectivity index (χ4v) is 6.58. The van der Waals surface area contributed by atoms with Crippen LogP contribution in [0.3, 0.4) is 0 Å². The lowest BCUT2D eigenvalue weighted by Gasteiger charge is -2.54. The summed E-state index contributed by atoms with van der Waals surface area (Å²) >= 11 is 0. The highest BCUT2D eigenvalue weighted by molar-refractivity contribution is 7.29. The standard InChI is InChI=1S/C12H19O7P3/c1-10(2,3)12(11(4,5)22-19,6(20-17)8(13)14)7(21-18)9(15)16/h6-7H,1-5H3,(H,13,14)(H,15,16). The third-order valence-electron chi connectivity index (χ3n) is 4.02. The van der Waals surface area contributed by atoms with Crippen molar-refractivity contribution in [2.45, 2.75) is 51.1 Å². The van der Waals surface area contributed by atoms with E-state index < -0.39 is 64.6 Å². The number of carboxylic acids is 2. The zero-order valence-corrected chi connectivity index (χ0v) is 15.6. The molecule has 0 amide bonds. The summed E-state index contributed by atoms with van der Waals surface area (Å²) in [7, 11) is -2.19. The van der Waals surface area contributed by atoms with Gasteiger partial charge in [0, 0.05) is 5.41 Å². The molecule has 0 aliphatic carbocycles. The number of carbonyl (C=O) groups is 2. The second-order valence-electron chi connectivity index (χ2n) is 6.46. The molecule has 0 fully saturated rings. The largest absolute Gasteiger partial charge is 0.480 e. The van der Waals surface area contributed by atoms with Crippen LogP contribution in [0.5, 0.6) is 0 Å². The molecule has 0 heterocycles. The van der Waals surface area contributed by atoms with Crippen LogP contribution >= 0.6 is 25.4 Å². The molecule has 0 aliphatic rings. The van der Waals surface area contributed by atoms with E-state index in [1.54, 1.807) is 20.8 Å². The molecule has 2 atom stereocenters. The first-order valence-electron chi connectivity index (χ1n) is 6.30. The van der Waals surface area contributed by atoms with Crippen LogP contribution in [0.2, 0.25) is 0 Å². The second kappa shape index (κ2) is 7.21. The van der Waals surface area contributed by atoms with Gasteiger partial charge < -0.3 is 10.2 Å². The van der Waals surface area contributed by atoms with Crippen LogP contribution < -0.4 is 0 Å². The Hall–Kier alpha value is -0.760. The molecular weight excluding hydrogens is 349 g/mol. The lowest BCUT2D eigenvalue weighted by atomic mass is 9.56. The van der Waals surface area contributed by atoms with Crippen molar-refractivity contribution < 1.29 is 33.5 Å². The average molecular weight is 368 g/mol. The fraction of sp³-hybridized carbons (Fsp3) is 0.833. The summed E-state index contributed by atoms with van der Waals surface area (Å²) in [6.07, 6.45) is 0. The van der Waals surface area contributed by atoms with E-state index in [-0.39, 0.29) is 0 Å². The van der Waals surface area contributed by atoms with Gasteiger partial charge in [-0.25, -0.2) is 0 Å². The molecule has 0 aliphatic heterocycles. The van der Waals surface area contributed by atoms with Gasteiger partial charge in [0.1, 0.15) is 11.3 Å². The molecule has 22 heavy (non-hydrogen) atoms. The minimum Gasteiger partial charge on any atom is -0.480 e. The molecule has 0 spiro atoms. The average Bonchev–Trinajstić information content (AvgIpc) is 2.35. The van der Waals surface area contributed by atoms with Gasteiger partial charge in [-0.05, 0) is 19.3 Å². The van der Waals surface area contributed by atoms with Crippen molar-refractivity contribution in [2.24, 2.45) is 10.8 Å². The maximum Gasteiger partial charge on any atom is 0.318 e. The number of carboxylic acid groups (broad SMARTS) is 2. The Morgan fingerprint density at radius 3 is 1.27 bits per heavy atom. The van der Waals surface area contributed by atoms with Gasteiger partial charge in [0.25, 0.3) is 0 Å². The smallest absolute Gasteiger partial charge is 0.318 e. The molecular formula is C12H19O7P3. The van der Waals surface area contributed by atoms with Gasteiger partial charge in [0.15, 0.2) is 25.4 Å². The molecule has 0 rings (SSSR count). The monoisotopic (exact) mass is 368 g/mol. The van der Waals surface area contributed by atoms with Gasteiger partial charge in [-0.3, -0.25) is 23.3 Å². The number of rotatable bonds is 8. The van der Waals surface area contributed by atoms with E-state index in [1.807, 2.05) is 0 Å². The molecule has 0 saturated carbocycles. The van der Waals surface area contributed by atoms with E-state index in [9.17, 15) is 33.5 Å². The van der Waals surface area contributed by atoms with E-state index in [0.717, 1.165) is 0 Å². The third-order valence-corrected chi connectivity index (χ3v) is 6.53. The Kier molecular flexibility index (Phi) is 6.96. The Bertz CT molecular complexity index is 469. The van der Waals surface area contributed by atoms with Crippen LogP contribution in [0.4, 0.5) is 0 Å². The van der Waals surface area contributed by atoms with Gasteiger partial charge in [-0.1, -0.05) is 20.8 Å². The van der Waals surface area contributed by atoms with Crippen LogP contribution in [-0.4, -0.2) is 38.6 Å². The van der Waals surface area contributed by atoms with Crippen LogP contribution in [0.15, 0.2) is 0 Å². The van der Waals surface area contributed by atoms with E-state index in [2.05, 4.69) is 0 Å². The van der Waals surface area contributed by atoms with Crippen molar-refractivity contribution in [2.75, 3.05) is 0 Å². The van der Waals surface area contributed by atoms with Crippen molar-refractivity contribution in [3.63, 3.8) is 0 Å². The summed E-state index contributed by atoms with van der Waals surface area (Å²) in [5, 5.41) is 17.5. The normalized spacial score (nSPS) is 18.8. The summed E-state index contributed by atoms with van der Waals surface area (Å²) in [5.41, 5.74) is -6.26. The van der Waals surface area contributed by atoms with Crippen LogP contribution in [-0.2, 0) is 23.3 Å². The third kappa shape index (κ3) is 3.27. The summed E-state index contributed by atoms with van der Waals surface area (Å²) in [6, 6.07) is 0. The van der Waals surface area contributed by atoms with Gasteiger partial charge in [-0.15, -0.1) is 0 Å². The van der Waals surface area contributed by atoms with Crippen LogP contribution in [0, 0.1) is 10.8 Å². The van der Waals surface area contributed by atoms with Gasteiger partial charge in [0.05, 0.1) is 5.16 Å². The topological polar surface area (TPSA) is 126 Å². The van der Waals surface area contributed by atoms with E-state index >= 15 is 0 Å². The predicted molar refractivity (Wildman–Crippen MR) is 81.6 cm³/mol. The molecule has 0 aromatic rings. The van der Waals surface area contributed by atoms with Gasteiger partial charge >= 0.3 is 11.9 Å². The molecule has 0 saturated heterocycles. The zero-order chi connectivity index (χ0) is 17.9. The SMILES string of the molecule is CC(C)(C)C(C(P=O)C(=O)O)(C(P=O)C(=O)O)C(C)(C)P=O. The number of hydrogen-bond donors (Lipinski definition) is 2. The maximum atomic E-state index is 11.7. The second-order valence-corrected chi connectivity index (χ2v) is 9.22. The van der Waals surface area contributed by atoms with Crippen molar-refractivity contribution in [1.82, 2.24) is 0 Å². The molecule has 0 bridgehead atoms. The maximum absolute atomic E-state index is 11.7. The number of aliphatic carboxylic acids is 2. The van der Waals surface area contributed by atoms with Crippen molar-refractivity contribution in [3.05, 3.63) is 0 Å². The van der Waals surface area contributed by atoms with E-state index in [0.29, 0.717) is 0 Å². The molecule has 2 N–H and O–H groups in total.